The van der Waals surface area contributed by atoms with Crippen molar-refractivity contribution >= 4 is 17.4 Å². The number of aromatic nitrogens is 2. The van der Waals surface area contributed by atoms with Gasteiger partial charge in [-0.25, -0.2) is 0 Å². The Hall–Kier alpha value is -0.680. The summed E-state index contributed by atoms with van der Waals surface area (Å²) >= 11 is 1.78. The molecule has 0 amide bonds. The maximum absolute atomic E-state index is 6.07. The van der Waals surface area contributed by atoms with E-state index >= 15 is 0 Å². The van der Waals surface area contributed by atoms with Crippen LogP contribution in [0.2, 0.25) is 0 Å². The van der Waals surface area contributed by atoms with E-state index in [-0.39, 0.29) is 0 Å². The van der Waals surface area contributed by atoms with Crippen molar-refractivity contribution < 1.29 is 4.74 Å². The number of nitrogens with zero attached hydrogens (tertiary/aromatic N) is 2. The van der Waals surface area contributed by atoms with E-state index < -0.39 is 0 Å². The molecule has 1 saturated heterocycles. The van der Waals surface area contributed by atoms with Crippen LogP contribution in [-0.4, -0.2) is 28.2 Å². The van der Waals surface area contributed by atoms with Crippen LogP contribution in [0.25, 0.3) is 0 Å². The molecule has 4 nitrogen and oxygen atoms in total. The second-order valence-electron chi connectivity index (χ2n) is 3.82. The molecule has 1 fully saturated rings. The lowest BCUT2D eigenvalue weighted by atomic mass is 10.2. The number of thioether (sulfide) groups is 1. The minimum Gasteiger partial charge on any atom is -0.395 e. The number of nitrogen functional groups attached to an aromatic ring is 1. The van der Waals surface area contributed by atoms with Crippen LogP contribution in [0.1, 0.15) is 19.0 Å². The molecular weight excluding hydrogens is 210 g/mol. The number of hydrogen-bond donors (Lipinski definition) is 1. The van der Waals surface area contributed by atoms with Gasteiger partial charge in [0.15, 0.2) is 0 Å². The second kappa shape index (κ2) is 4.45. The number of hydrogen-bond acceptors (Lipinski definition) is 4. The smallest absolute Gasteiger partial charge is 0.117 e. The van der Waals surface area contributed by atoms with E-state index in [1.807, 2.05) is 11.7 Å². The zero-order valence-electron chi connectivity index (χ0n) is 9.19. The van der Waals surface area contributed by atoms with E-state index in [4.69, 9.17) is 10.5 Å². The van der Waals surface area contributed by atoms with Gasteiger partial charge in [0.25, 0.3) is 0 Å². The van der Waals surface area contributed by atoms with E-state index in [2.05, 4.69) is 12.0 Å². The van der Waals surface area contributed by atoms with Crippen molar-refractivity contribution in [1.82, 2.24) is 9.78 Å². The number of anilines is 1. The van der Waals surface area contributed by atoms with Crippen LogP contribution in [0.4, 0.5) is 5.69 Å². The first kappa shape index (κ1) is 10.8. The van der Waals surface area contributed by atoms with Crippen molar-refractivity contribution in [3.8, 4) is 0 Å². The molecule has 5 heteroatoms. The highest BCUT2D eigenvalue weighted by Crippen LogP contribution is 2.33. The first-order chi connectivity index (χ1) is 7.22. The Labute approximate surface area is 94.2 Å². The summed E-state index contributed by atoms with van der Waals surface area (Å²) in [6.45, 7) is 3.80. The normalized spacial score (nSPS) is 16.7. The molecule has 2 N–H and O–H groups in total. The molecule has 0 atom stereocenters. The molecule has 0 radical (unpaired) electrons. The van der Waals surface area contributed by atoms with E-state index in [0.29, 0.717) is 5.25 Å². The van der Waals surface area contributed by atoms with Crippen LogP contribution >= 0.6 is 11.8 Å². The Bertz CT molecular complexity index is 347. The van der Waals surface area contributed by atoms with Gasteiger partial charge in [-0.15, -0.1) is 0 Å². The van der Waals surface area contributed by atoms with Gasteiger partial charge in [-0.3, -0.25) is 4.68 Å². The lowest BCUT2D eigenvalue weighted by molar-refractivity contribution is 0.0454. The van der Waals surface area contributed by atoms with Crippen LogP contribution in [0, 0.1) is 0 Å². The molecule has 84 valence electrons. The first-order valence-electron chi connectivity index (χ1n) is 5.28. The summed E-state index contributed by atoms with van der Waals surface area (Å²) in [6.07, 6.45) is 2.04. The van der Waals surface area contributed by atoms with Crippen LogP contribution in [-0.2, 0) is 18.2 Å². The van der Waals surface area contributed by atoms with Gasteiger partial charge >= 0.3 is 0 Å². The molecule has 0 saturated carbocycles. The largest absolute Gasteiger partial charge is 0.395 e. The fourth-order valence-corrected chi connectivity index (χ4v) is 2.66. The lowest BCUT2D eigenvalue weighted by Crippen LogP contribution is -2.30. The van der Waals surface area contributed by atoms with Crippen LogP contribution in [0.5, 0.6) is 0 Å². The highest BCUT2D eigenvalue weighted by molar-refractivity contribution is 8.00. The predicted molar refractivity (Wildman–Crippen MR) is 62.1 cm³/mol. The summed E-state index contributed by atoms with van der Waals surface area (Å²) in [6, 6.07) is 0. The Morgan fingerprint density at radius 3 is 2.87 bits per heavy atom. The summed E-state index contributed by atoms with van der Waals surface area (Å²) in [5.74, 6) is 0. The van der Waals surface area contributed by atoms with Crippen molar-refractivity contribution in [3.05, 3.63) is 5.69 Å². The third-order valence-corrected chi connectivity index (χ3v) is 3.79. The van der Waals surface area contributed by atoms with E-state index in [9.17, 15) is 0 Å². The third-order valence-electron chi connectivity index (χ3n) is 2.48. The highest BCUT2D eigenvalue weighted by Gasteiger charge is 2.23. The van der Waals surface area contributed by atoms with Crippen LogP contribution < -0.4 is 5.73 Å². The summed E-state index contributed by atoms with van der Waals surface area (Å²) in [5, 5.41) is 6.08. The zero-order chi connectivity index (χ0) is 10.8. The topological polar surface area (TPSA) is 53.1 Å². The van der Waals surface area contributed by atoms with Gasteiger partial charge < -0.3 is 10.5 Å². The molecule has 2 rings (SSSR count). The average molecular weight is 227 g/mol. The third kappa shape index (κ3) is 2.13. The van der Waals surface area contributed by atoms with E-state index in [1.165, 1.54) is 0 Å². The summed E-state index contributed by atoms with van der Waals surface area (Å²) in [5.41, 5.74) is 7.96. The number of nitrogens with two attached hydrogens (primary N) is 1. The van der Waals surface area contributed by atoms with E-state index in [0.717, 1.165) is 42.5 Å². The van der Waals surface area contributed by atoms with Gasteiger partial charge in [0.2, 0.25) is 0 Å². The SMILES string of the molecule is CCCc1nn(C)c(SC2COC2)c1N. The summed E-state index contributed by atoms with van der Waals surface area (Å²) in [7, 11) is 1.96. The fraction of sp³-hybridized carbons (Fsp3) is 0.700. The molecule has 0 unspecified atom stereocenters. The van der Waals surface area contributed by atoms with E-state index in [1.54, 1.807) is 11.8 Å². The maximum Gasteiger partial charge on any atom is 0.117 e. The van der Waals surface area contributed by atoms with Crippen LogP contribution in [0.3, 0.4) is 0 Å². The molecule has 1 aromatic heterocycles. The Morgan fingerprint density at radius 1 is 1.60 bits per heavy atom. The quantitative estimate of drug-likeness (QED) is 0.845. The number of rotatable bonds is 4. The molecule has 0 spiro atoms. The molecule has 2 heterocycles. The van der Waals surface area contributed by atoms with Crippen molar-refractivity contribution in [2.45, 2.75) is 30.0 Å². The zero-order valence-corrected chi connectivity index (χ0v) is 10.0. The Kier molecular flexibility index (Phi) is 3.21. The molecule has 0 bridgehead atoms. The Morgan fingerprint density at radius 2 is 2.33 bits per heavy atom. The van der Waals surface area contributed by atoms with Crippen LogP contribution in [0.15, 0.2) is 5.03 Å². The van der Waals surface area contributed by atoms with Crippen molar-refractivity contribution in [1.29, 1.82) is 0 Å². The van der Waals surface area contributed by atoms with Gasteiger partial charge in [0.1, 0.15) is 5.03 Å². The van der Waals surface area contributed by atoms with Gasteiger partial charge in [-0.1, -0.05) is 25.1 Å². The minimum absolute atomic E-state index is 0.553. The summed E-state index contributed by atoms with van der Waals surface area (Å²) in [4.78, 5) is 0. The monoisotopic (exact) mass is 227 g/mol. The summed E-state index contributed by atoms with van der Waals surface area (Å²) < 4.78 is 7.04. The lowest BCUT2D eigenvalue weighted by Gasteiger charge is -2.25. The molecule has 1 aliphatic rings. The fourth-order valence-electron chi connectivity index (χ4n) is 1.58. The predicted octanol–water partition coefficient (Wildman–Crippen LogP) is 1.45. The molecule has 15 heavy (non-hydrogen) atoms. The molecular formula is C10H17N3OS. The van der Waals surface area contributed by atoms with Crippen molar-refractivity contribution in [3.63, 3.8) is 0 Å². The second-order valence-corrected chi connectivity index (χ2v) is 5.11. The Balaban J connectivity index is 2.14. The molecule has 0 aliphatic carbocycles. The number of ether oxygens (including phenoxy) is 1. The van der Waals surface area contributed by atoms with Crippen molar-refractivity contribution in [2.24, 2.45) is 7.05 Å². The average Bonchev–Trinajstić information content (AvgIpc) is 2.38. The molecule has 0 aromatic carbocycles. The molecule has 1 aliphatic heterocycles. The first-order valence-corrected chi connectivity index (χ1v) is 6.16. The molecule has 1 aromatic rings. The van der Waals surface area contributed by atoms with Gasteiger partial charge in [-0.05, 0) is 6.42 Å². The number of aryl methyl sites for hydroxylation is 2. The maximum atomic E-state index is 6.07. The van der Waals surface area contributed by atoms with Gasteiger partial charge in [0, 0.05) is 7.05 Å². The van der Waals surface area contributed by atoms with Gasteiger partial charge in [0.05, 0.1) is 29.8 Å². The van der Waals surface area contributed by atoms with Crippen molar-refractivity contribution in [2.75, 3.05) is 18.9 Å². The minimum atomic E-state index is 0.553. The van der Waals surface area contributed by atoms with Gasteiger partial charge in [-0.2, -0.15) is 5.10 Å². The standard InChI is InChI=1S/C10H17N3OS/c1-3-4-8-9(11)10(13(2)12-8)15-7-5-14-6-7/h7H,3-6,11H2,1-2H3. The highest BCUT2D eigenvalue weighted by atomic mass is 32.2.